The minimum Gasteiger partial charge on any atom is -0.449 e. The van der Waals surface area contributed by atoms with Crippen LogP contribution in [0, 0.1) is 12.8 Å². The molecule has 1 atom stereocenters. The van der Waals surface area contributed by atoms with Crippen molar-refractivity contribution in [3.63, 3.8) is 0 Å². The molecule has 0 saturated carbocycles. The molecule has 17 heavy (non-hydrogen) atoms. The second-order valence-corrected chi connectivity index (χ2v) is 4.35. The summed E-state index contributed by atoms with van der Waals surface area (Å²) >= 11 is 0. The van der Waals surface area contributed by atoms with Crippen molar-refractivity contribution in [2.75, 3.05) is 24.7 Å². The second-order valence-electron chi connectivity index (χ2n) is 4.35. The Balaban J connectivity index is 2.18. The molecule has 4 heteroatoms. The fraction of sp³-hybridized carbons (Fsp3) is 0.462. The number of ether oxygens (including phenoxy) is 1. The zero-order chi connectivity index (χ0) is 12.3. The van der Waals surface area contributed by atoms with Gasteiger partial charge in [-0.05, 0) is 25.0 Å². The van der Waals surface area contributed by atoms with E-state index in [1.165, 1.54) is 0 Å². The summed E-state index contributed by atoms with van der Waals surface area (Å²) < 4.78 is 5.14. The van der Waals surface area contributed by atoms with Gasteiger partial charge in [-0.3, -0.25) is 4.90 Å². The number of carbonyl (C=O) groups excluding carboxylic acids is 1. The highest BCUT2D eigenvalue weighted by molar-refractivity contribution is 5.89. The second kappa shape index (κ2) is 5.19. The molecule has 0 bridgehead atoms. The Morgan fingerprint density at radius 1 is 1.47 bits per heavy atom. The lowest BCUT2D eigenvalue weighted by molar-refractivity contribution is 0.104. The highest BCUT2D eigenvalue weighted by Gasteiger charge is 2.28. The molecular weight excluding hydrogens is 218 g/mol. The molecule has 1 amide bonds. The number of aryl methyl sites for hydroxylation is 1. The van der Waals surface area contributed by atoms with Crippen molar-refractivity contribution in [3.8, 4) is 0 Å². The monoisotopic (exact) mass is 235 g/mol. The highest BCUT2D eigenvalue weighted by atomic mass is 16.6. The van der Waals surface area contributed by atoms with Crippen molar-refractivity contribution < 1.29 is 14.6 Å². The smallest absolute Gasteiger partial charge is 0.414 e. The third-order valence-electron chi connectivity index (χ3n) is 3.05. The number of nitrogens with zero attached hydrogens (tertiary/aromatic N) is 1. The van der Waals surface area contributed by atoms with Crippen molar-refractivity contribution in [1.29, 1.82) is 0 Å². The van der Waals surface area contributed by atoms with Crippen molar-refractivity contribution >= 4 is 11.8 Å². The SMILES string of the molecule is Cc1ccccc1N1CC(CCO)COC1=O. The molecule has 1 aromatic carbocycles. The zero-order valence-corrected chi connectivity index (χ0v) is 9.93. The van der Waals surface area contributed by atoms with E-state index in [0.29, 0.717) is 19.6 Å². The van der Waals surface area contributed by atoms with Crippen LogP contribution in [-0.2, 0) is 4.74 Å². The van der Waals surface area contributed by atoms with Gasteiger partial charge < -0.3 is 9.84 Å². The summed E-state index contributed by atoms with van der Waals surface area (Å²) in [5, 5.41) is 8.94. The molecule has 1 unspecified atom stereocenters. The van der Waals surface area contributed by atoms with Crippen LogP contribution >= 0.6 is 0 Å². The Morgan fingerprint density at radius 2 is 2.24 bits per heavy atom. The van der Waals surface area contributed by atoms with Crippen molar-refractivity contribution in [2.24, 2.45) is 5.92 Å². The van der Waals surface area contributed by atoms with Gasteiger partial charge in [-0.2, -0.15) is 0 Å². The summed E-state index contributed by atoms with van der Waals surface area (Å²) in [5.41, 5.74) is 1.94. The van der Waals surface area contributed by atoms with Gasteiger partial charge in [0.15, 0.2) is 0 Å². The van der Waals surface area contributed by atoms with Gasteiger partial charge in [0, 0.05) is 24.8 Å². The topological polar surface area (TPSA) is 49.8 Å². The van der Waals surface area contributed by atoms with Crippen molar-refractivity contribution in [2.45, 2.75) is 13.3 Å². The lowest BCUT2D eigenvalue weighted by Gasteiger charge is -2.32. The van der Waals surface area contributed by atoms with E-state index in [1.807, 2.05) is 31.2 Å². The Labute approximate surface area is 101 Å². The normalized spacial score (nSPS) is 20.2. The highest BCUT2D eigenvalue weighted by Crippen LogP contribution is 2.25. The molecule has 0 aromatic heterocycles. The van der Waals surface area contributed by atoms with E-state index in [2.05, 4.69) is 0 Å². The number of rotatable bonds is 3. The Bertz CT molecular complexity index is 405. The molecule has 1 aliphatic rings. The van der Waals surface area contributed by atoms with Gasteiger partial charge in [-0.1, -0.05) is 18.2 Å². The van der Waals surface area contributed by atoms with E-state index < -0.39 is 0 Å². The number of anilines is 1. The molecule has 1 fully saturated rings. The van der Waals surface area contributed by atoms with E-state index in [-0.39, 0.29) is 18.6 Å². The van der Waals surface area contributed by atoms with Crippen LogP contribution < -0.4 is 4.90 Å². The minimum atomic E-state index is -0.298. The van der Waals surface area contributed by atoms with Crippen LogP contribution in [0.15, 0.2) is 24.3 Å². The summed E-state index contributed by atoms with van der Waals surface area (Å²) in [6, 6.07) is 7.74. The van der Waals surface area contributed by atoms with E-state index in [9.17, 15) is 4.79 Å². The lowest BCUT2D eigenvalue weighted by Crippen LogP contribution is -2.43. The third kappa shape index (κ3) is 2.58. The first-order chi connectivity index (χ1) is 8.22. The van der Waals surface area contributed by atoms with Crippen LogP contribution in [0.5, 0.6) is 0 Å². The predicted molar refractivity (Wildman–Crippen MR) is 65.1 cm³/mol. The van der Waals surface area contributed by atoms with Crippen LogP contribution in [0.4, 0.5) is 10.5 Å². The quantitative estimate of drug-likeness (QED) is 0.871. The first-order valence-electron chi connectivity index (χ1n) is 5.83. The largest absolute Gasteiger partial charge is 0.449 e. The fourth-order valence-electron chi connectivity index (χ4n) is 2.07. The number of hydrogen-bond acceptors (Lipinski definition) is 3. The summed E-state index contributed by atoms with van der Waals surface area (Å²) in [5.74, 6) is 0.206. The maximum absolute atomic E-state index is 11.7. The minimum absolute atomic E-state index is 0.129. The van der Waals surface area contributed by atoms with Gasteiger partial charge in [0.05, 0.1) is 6.61 Å². The molecule has 1 aliphatic heterocycles. The fourth-order valence-corrected chi connectivity index (χ4v) is 2.07. The standard InChI is InChI=1S/C13H17NO3/c1-10-4-2-3-5-12(10)14-8-11(6-7-15)9-17-13(14)16/h2-5,11,15H,6-9H2,1H3. The van der Waals surface area contributed by atoms with Crippen molar-refractivity contribution in [3.05, 3.63) is 29.8 Å². The number of benzene rings is 1. The molecule has 0 aliphatic carbocycles. The molecule has 1 heterocycles. The number of aliphatic hydroxyl groups is 1. The number of para-hydroxylation sites is 1. The van der Waals surface area contributed by atoms with Crippen LogP contribution in [0.25, 0.3) is 0 Å². The zero-order valence-electron chi connectivity index (χ0n) is 9.93. The first-order valence-corrected chi connectivity index (χ1v) is 5.83. The van der Waals surface area contributed by atoms with Crippen LogP contribution in [-0.4, -0.2) is 31.0 Å². The maximum Gasteiger partial charge on any atom is 0.414 e. The molecule has 1 N–H and O–H groups in total. The van der Waals surface area contributed by atoms with E-state index >= 15 is 0 Å². The number of cyclic esters (lactones) is 1. The van der Waals surface area contributed by atoms with Crippen LogP contribution in [0.1, 0.15) is 12.0 Å². The van der Waals surface area contributed by atoms with E-state index in [1.54, 1.807) is 4.90 Å². The Kier molecular flexibility index (Phi) is 3.64. The van der Waals surface area contributed by atoms with E-state index in [4.69, 9.17) is 9.84 Å². The van der Waals surface area contributed by atoms with Gasteiger partial charge >= 0.3 is 6.09 Å². The molecule has 92 valence electrons. The molecule has 1 saturated heterocycles. The summed E-state index contributed by atoms with van der Waals surface area (Å²) in [4.78, 5) is 13.4. The molecular formula is C13H17NO3. The predicted octanol–water partition coefficient (Wildman–Crippen LogP) is 1.95. The first kappa shape index (κ1) is 11.9. The average Bonchev–Trinajstić information content (AvgIpc) is 2.33. The molecule has 0 spiro atoms. The number of hydrogen-bond donors (Lipinski definition) is 1. The average molecular weight is 235 g/mol. The summed E-state index contributed by atoms with van der Waals surface area (Å²) in [6.45, 7) is 3.12. The molecule has 4 nitrogen and oxygen atoms in total. The molecule has 0 radical (unpaired) electrons. The van der Waals surface area contributed by atoms with Crippen LogP contribution in [0.2, 0.25) is 0 Å². The maximum atomic E-state index is 11.7. The molecule has 2 rings (SSSR count). The summed E-state index contributed by atoms with van der Waals surface area (Å²) in [6.07, 6.45) is 0.365. The van der Waals surface area contributed by atoms with E-state index in [0.717, 1.165) is 11.3 Å². The van der Waals surface area contributed by atoms with Crippen molar-refractivity contribution in [1.82, 2.24) is 0 Å². The number of aliphatic hydroxyl groups excluding tert-OH is 1. The summed E-state index contributed by atoms with van der Waals surface area (Å²) in [7, 11) is 0. The van der Waals surface area contributed by atoms with Crippen LogP contribution in [0.3, 0.4) is 0 Å². The van der Waals surface area contributed by atoms with Gasteiger partial charge in [0.2, 0.25) is 0 Å². The number of amides is 1. The van der Waals surface area contributed by atoms with Gasteiger partial charge in [-0.25, -0.2) is 4.79 Å². The lowest BCUT2D eigenvalue weighted by atomic mass is 10.0. The Morgan fingerprint density at radius 3 is 2.94 bits per heavy atom. The molecule has 1 aromatic rings. The van der Waals surface area contributed by atoms with Gasteiger partial charge in [-0.15, -0.1) is 0 Å². The number of carbonyl (C=O) groups is 1. The van der Waals surface area contributed by atoms with Gasteiger partial charge in [0.1, 0.15) is 0 Å². The third-order valence-corrected chi connectivity index (χ3v) is 3.05. The van der Waals surface area contributed by atoms with Gasteiger partial charge in [0.25, 0.3) is 0 Å². The Hall–Kier alpha value is -1.55.